The Labute approximate surface area is 92.7 Å². The number of rotatable bonds is 3. The van der Waals surface area contributed by atoms with Crippen LogP contribution in [0.1, 0.15) is 15.9 Å². The number of carbonyl (C=O) groups is 2. The van der Waals surface area contributed by atoms with E-state index in [0.717, 1.165) is 6.08 Å². The minimum atomic E-state index is -0.647. The summed E-state index contributed by atoms with van der Waals surface area (Å²) in [5.41, 5.74) is 2.54. The first-order valence-electron chi connectivity index (χ1n) is 4.62. The van der Waals surface area contributed by atoms with E-state index in [2.05, 4.69) is 5.32 Å². The monoisotopic (exact) mass is 220 g/mol. The lowest BCUT2D eigenvalue weighted by atomic mass is 10.1. The van der Waals surface area contributed by atoms with E-state index in [9.17, 15) is 9.59 Å². The minimum Gasteiger partial charge on any atom is -0.355 e. The fourth-order valence-corrected chi connectivity index (χ4v) is 1.19. The van der Waals surface area contributed by atoms with Crippen molar-refractivity contribution in [3.8, 4) is 0 Å². The first kappa shape index (κ1) is 11.9. The Morgan fingerprint density at radius 3 is 2.62 bits per heavy atom. The van der Waals surface area contributed by atoms with Crippen LogP contribution in [0.2, 0.25) is 0 Å². The van der Waals surface area contributed by atoms with Gasteiger partial charge in [-0.3, -0.25) is 14.8 Å². The van der Waals surface area contributed by atoms with E-state index >= 15 is 0 Å². The van der Waals surface area contributed by atoms with E-state index in [1.807, 2.05) is 0 Å². The van der Waals surface area contributed by atoms with Crippen LogP contribution < -0.4 is 10.8 Å². The van der Waals surface area contributed by atoms with Crippen molar-refractivity contribution in [1.29, 1.82) is 0 Å². The molecule has 0 unspecified atom stereocenters. The fourth-order valence-electron chi connectivity index (χ4n) is 1.19. The molecule has 0 aliphatic heterocycles. The number of amides is 2. The summed E-state index contributed by atoms with van der Waals surface area (Å²) in [6.45, 7) is 0. The second-order valence-corrected chi connectivity index (χ2v) is 2.98. The first-order chi connectivity index (χ1) is 7.69. The highest BCUT2D eigenvalue weighted by molar-refractivity contribution is 5.99. The van der Waals surface area contributed by atoms with Gasteiger partial charge in [-0.25, -0.2) is 5.48 Å². The molecular weight excluding hydrogens is 208 g/mol. The van der Waals surface area contributed by atoms with Gasteiger partial charge in [0.1, 0.15) is 0 Å². The van der Waals surface area contributed by atoms with E-state index in [1.165, 1.54) is 18.6 Å². The van der Waals surface area contributed by atoms with Crippen molar-refractivity contribution in [3.63, 3.8) is 0 Å². The van der Waals surface area contributed by atoms with E-state index in [1.54, 1.807) is 24.3 Å². The zero-order valence-corrected chi connectivity index (χ0v) is 8.73. The standard InChI is InChI=1S/C11H12N2O3/c1-12-11(15)9-5-3-2-4-8(9)6-7-10(14)13-16/h2-7,16H,1H3,(H,12,15)(H,13,14)/b7-6+. The molecule has 0 fully saturated rings. The van der Waals surface area contributed by atoms with Crippen LogP contribution in [0.15, 0.2) is 30.3 Å². The van der Waals surface area contributed by atoms with Crippen molar-refractivity contribution in [2.45, 2.75) is 0 Å². The Morgan fingerprint density at radius 1 is 1.31 bits per heavy atom. The molecule has 5 heteroatoms. The summed E-state index contributed by atoms with van der Waals surface area (Å²) in [6.07, 6.45) is 2.60. The van der Waals surface area contributed by atoms with Gasteiger partial charge < -0.3 is 5.32 Å². The summed E-state index contributed by atoms with van der Waals surface area (Å²) in [6, 6.07) is 6.83. The van der Waals surface area contributed by atoms with Gasteiger partial charge in [0, 0.05) is 18.7 Å². The van der Waals surface area contributed by atoms with E-state index in [0.29, 0.717) is 11.1 Å². The number of hydrogen-bond acceptors (Lipinski definition) is 3. The summed E-state index contributed by atoms with van der Waals surface area (Å²) in [7, 11) is 1.53. The quantitative estimate of drug-likeness (QED) is 0.396. The van der Waals surface area contributed by atoms with Gasteiger partial charge in [0.25, 0.3) is 11.8 Å². The Hall–Kier alpha value is -2.14. The third kappa shape index (κ3) is 2.93. The van der Waals surface area contributed by atoms with Gasteiger partial charge in [0.05, 0.1) is 0 Å². The number of hydroxylamine groups is 1. The topological polar surface area (TPSA) is 78.4 Å². The van der Waals surface area contributed by atoms with E-state index < -0.39 is 5.91 Å². The Bertz CT molecular complexity index is 427. The molecule has 0 heterocycles. The van der Waals surface area contributed by atoms with Crippen molar-refractivity contribution in [3.05, 3.63) is 41.5 Å². The van der Waals surface area contributed by atoms with Gasteiger partial charge in [0.15, 0.2) is 0 Å². The molecule has 1 rings (SSSR count). The van der Waals surface area contributed by atoms with Crippen molar-refractivity contribution < 1.29 is 14.8 Å². The maximum atomic E-state index is 11.5. The Morgan fingerprint density at radius 2 is 2.00 bits per heavy atom. The maximum Gasteiger partial charge on any atom is 0.267 e. The van der Waals surface area contributed by atoms with Crippen LogP contribution in [0.4, 0.5) is 0 Å². The fraction of sp³-hybridized carbons (Fsp3) is 0.0909. The highest BCUT2D eigenvalue weighted by atomic mass is 16.5. The predicted octanol–water partition coefficient (Wildman–Crippen LogP) is 0.565. The van der Waals surface area contributed by atoms with E-state index in [4.69, 9.17) is 5.21 Å². The minimum absolute atomic E-state index is 0.232. The van der Waals surface area contributed by atoms with Crippen molar-refractivity contribution in [2.75, 3.05) is 7.05 Å². The molecule has 2 amide bonds. The smallest absolute Gasteiger partial charge is 0.267 e. The Kier molecular flexibility index (Phi) is 4.23. The van der Waals surface area contributed by atoms with Gasteiger partial charge in [-0.05, 0) is 17.7 Å². The third-order valence-corrected chi connectivity index (χ3v) is 1.96. The molecule has 0 spiro atoms. The summed E-state index contributed by atoms with van der Waals surface area (Å²) < 4.78 is 0. The number of hydrogen-bond donors (Lipinski definition) is 3. The first-order valence-corrected chi connectivity index (χ1v) is 4.62. The van der Waals surface area contributed by atoms with Crippen LogP contribution in [-0.4, -0.2) is 24.1 Å². The molecule has 0 bridgehead atoms. The second kappa shape index (κ2) is 5.67. The van der Waals surface area contributed by atoms with Crippen LogP contribution in [0.3, 0.4) is 0 Å². The normalized spacial score (nSPS) is 10.1. The molecule has 1 aromatic rings. The molecule has 3 N–H and O–H groups in total. The predicted molar refractivity (Wildman–Crippen MR) is 58.8 cm³/mol. The van der Waals surface area contributed by atoms with Gasteiger partial charge in [0.2, 0.25) is 0 Å². The average molecular weight is 220 g/mol. The van der Waals surface area contributed by atoms with Crippen LogP contribution >= 0.6 is 0 Å². The Balaban J connectivity index is 3.00. The number of carbonyl (C=O) groups excluding carboxylic acids is 2. The molecular formula is C11H12N2O3. The van der Waals surface area contributed by atoms with Crippen molar-refractivity contribution in [2.24, 2.45) is 0 Å². The van der Waals surface area contributed by atoms with Crippen LogP contribution in [0.5, 0.6) is 0 Å². The van der Waals surface area contributed by atoms with Gasteiger partial charge in [-0.1, -0.05) is 18.2 Å². The molecule has 84 valence electrons. The van der Waals surface area contributed by atoms with Gasteiger partial charge in [-0.15, -0.1) is 0 Å². The molecule has 0 aromatic heterocycles. The highest BCUT2D eigenvalue weighted by Gasteiger charge is 2.06. The largest absolute Gasteiger partial charge is 0.355 e. The zero-order valence-electron chi connectivity index (χ0n) is 8.73. The van der Waals surface area contributed by atoms with Crippen LogP contribution in [0.25, 0.3) is 6.08 Å². The lowest BCUT2D eigenvalue weighted by molar-refractivity contribution is -0.124. The molecule has 0 atom stereocenters. The van der Waals surface area contributed by atoms with Gasteiger partial charge >= 0.3 is 0 Å². The average Bonchev–Trinajstić information content (AvgIpc) is 2.35. The molecule has 0 aliphatic carbocycles. The van der Waals surface area contributed by atoms with E-state index in [-0.39, 0.29) is 5.91 Å². The molecule has 16 heavy (non-hydrogen) atoms. The molecule has 0 aliphatic rings. The second-order valence-electron chi connectivity index (χ2n) is 2.98. The lowest BCUT2D eigenvalue weighted by Gasteiger charge is -2.03. The van der Waals surface area contributed by atoms with Gasteiger partial charge in [-0.2, -0.15) is 0 Å². The lowest BCUT2D eigenvalue weighted by Crippen LogP contribution is -2.19. The number of nitrogens with one attached hydrogen (secondary N) is 2. The SMILES string of the molecule is CNC(=O)c1ccccc1/C=C/C(=O)NO. The molecule has 0 radical (unpaired) electrons. The summed E-state index contributed by atoms with van der Waals surface area (Å²) in [5.74, 6) is -0.878. The van der Waals surface area contributed by atoms with Crippen molar-refractivity contribution in [1.82, 2.24) is 10.8 Å². The molecule has 5 nitrogen and oxygen atoms in total. The maximum absolute atomic E-state index is 11.5. The summed E-state index contributed by atoms with van der Waals surface area (Å²) in [4.78, 5) is 22.2. The van der Waals surface area contributed by atoms with Crippen molar-refractivity contribution >= 4 is 17.9 Å². The molecule has 0 saturated heterocycles. The molecule has 0 saturated carbocycles. The molecule has 1 aromatic carbocycles. The zero-order chi connectivity index (χ0) is 12.0. The number of benzene rings is 1. The summed E-state index contributed by atoms with van der Waals surface area (Å²) >= 11 is 0. The van der Waals surface area contributed by atoms with Crippen LogP contribution in [0, 0.1) is 0 Å². The highest BCUT2D eigenvalue weighted by Crippen LogP contribution is 2.10. The third-order valence-electron chi connectivity index (χ3n) is 1.96. The summed E-state index contributed by atoms with van der Waals surface area (Å²) in [5, 5.41) is 10.8. The van der Waals surface area contributed by atoms with Crippen LogP contribution in [-0.2, 0) is 4.79 Å².